The Kier molecular flexibility index (Phi) is 7.31. The molecule has 0 radical (unpaired) electrons. The van der Waals surface area contributed by atoms with Gasteiger partial charge in [0.2, 0.25) is 5.91 Å². The Balaban J connectivity index is 1.50. The van der Waals surface area contributed by atoms with E-state index in [0.29, 0.717) is 25.5 Å². The number of rotatable bonds is 7. The van der Waals surface area contributed by atoms with E-state index in [1.807, 2.05) is 36.1 Å². The predicted molar refractivity (Wildman–Crippen MR) is 114 cm³/mol. The lowest BCUT2D eigenvalue weighted by molar-refractivity contribution is -0.131. The van der Waals surface area contributed by atoms with Crippen molar-refractivity contribution >= 4 is 23.2 Å². The summed E-state index contributed by atoms with van der Waals surface area (Å²) in [6.45, 7) is 5.41. The van der Waals surface area contributed by atoms with E-state index in [4.69, 9.17) is 4.74 Å². The fourth-order valence-corrected chi connectivity index (χ4v) is 4.14. The maximum atomic E-state index is 12.5. The van der Waals surface area contributed by atoms with Gasteiger partial charge >= 0.3 is 0 Å². The normalized spacial score (nSPS) is 13.8. The van der Waals surface area contributed by atoms with E-state index in [1.165, 1.54) is 10.4 Å². The summed E-state index contributed by atoms with van der Waals surface area (Å²) in [6.07, 6.45) is 1.42. The summed E-state index contributed by atoms with van der Waals surface area (Å²) in [5.74, 6) is 1.72. The molecular formula is C21H28N4O2S. The second-order valence-corrected chi connectivity index (χ2v) is 7.62. The molecule has 0 atom stereocenters. The van der Waals surface area contributed by atoms with Gasteiger partial charge in [-0.3, -0.25) is 4.79 Å². The molecule has 2 heterocycles. The van der Waals surface area contributed by atoms with E-state index in [1.54, 1.807) is 18.4 Å². The molecule has 7 heteroatoms. The highest BCUT2D eigenvalue weighted by atomic mass is 32.1. The van der Waals surface area contributed by atoms with Crippen molar-refractivity contribution in [2.45, 2.75) is 32.9 Å². The van der Waals surface area contributed by atoms with Crippen molar-refractivity contribution in [2.75, 3.05) is 26.7 Å². The number of carbonyl (C=O) groups excluding carboxylic acids is 1. The van der Waals surface area contributed by atoms with Gasteiger partial charge in [-0.1, -0.05) is 18.2 Å². The number of nitrogens with zero attached hydrogens (tertiary/aromatic N) is 2. The van der Waals surface area contributed by atoms with E-state index in [9.17, 15) is 4.79 Å². The standard InChI is InChI=1S/C21H28N4O2S/c1-3-22-21(24-14-16-6-4-5-7-18(16)27-2)23-11-8-20(26)25-12-9-19-17(15-25)10-13-28-19/h4-7,10,13H,3,8-9,11-12,14-15H2,1-2H3,(H2,22,23,24). The Morgan fingerprint density at radius 2 is 2.14 bits per heavy atom. The number of carbonyl (C=O) groups is 1. The summed E-state index contributed by atoms with van der Waals surface area (Å²) < 4.78 is 5.38. The Bertz CT molecular complexity index is 818. The van der Waals surface area contributed by atoms with Crippen LogP contribution in [-0.4, -0.2) is 43.5 Å². The minimum absolute atomic E-state index is 0.185. The van der Waals surface area contributed by atoms with Crippen molar-refractivity contribution in [1.29, 1.82) is 0 Å². The quantitative estimate of drug-likeness (QED) is 0.554. The molecule has 1 amide bonds. The molecule has 0 saturated carbocycles. The van der Waals surface area contributed by atoms with Crippen LogP contribution in [0.1, 0.15) is 29.3 Å². The number of hydrogen-bond acceptors (Lipinski definition) is 4. The molecule has 1 aliphatic heterocycles. The van der Waals surface area contributed by atoms with Crippen molar-refractivity contribution in [3.8, 4) is 5.75 Å². The van der Waals surface area contributed by atoms with Crippen LogP contribution in [0.25, 0.3) is 0 Å². The number of fused-ring (bicyclic) bond motifs is 1. The van der Waals surface area contributed by atoms with Crippen LogP contribution in [0.2, 0.25) is 0 Å². The smallest absolute Gasteiger partial charge is 0.224 e. The van der Waals surface area contributed by atoms with Gasteiger partial charge in [0, 0.05) is 43.0 Å². The van der Waals surface area contributed by atoms with Gasteiger partial charge in [-0.15, -0.1) is 11.3 Å². The number of thiophene rings is 1. The average molecular weight is 401 g/mol. The van der Waals surface area contributed by atoms with Gasteiger partial charge in [-0.05, 0) is 36.4 Å². The summed E-state index contributed by atoms with van der Waals surface area (Å²) in [5, 5.41) is 8.61. The van der Waals surface area contributed by atoms with E-state index in [-0.39, 0.29) is 5.91 Å². The Hall–Kier alpha value is -2.54. The first-order valence-corrected chi connectivity index (χ1v) is 10.6. The number of hydrogen-bond donors (Lipinski definition) is 2. The van der Waals surface area contributed by atoms with Crippen molar-refractivity contribution < 1.29 is 9.53 Å². The first-order valence-electron chi connectivity index (χ1n) is 9.68. The van der Waals surface area contributed by atoms with Crippen LogP contribution in [0.5, 0.6) is 5.75 Å². The van der Waals surface area contributed by atoms with Gasteiger partial charge in [-0.2, -0.15) is 0 Å². The average Bonchev–Trinajstić information content (AvgIpc) is 3.20. The third-order valence-corrected chi connectivity index (χ3v) is 5.76. The molecule has 3 rings (SSSR count). The summed E-state index contributed by atoms with van der Waals surface area (Å²) in [4.78, 5) is 20.5. The minimum Gasteiger partial charge on any atom is -0.496 e. The van der Waals surface area contributed by atoms with Gasteiger partial charge in [0.25, 0.3) is 0 Å². The summed E-state index contributed by atoms with van der Waals surface area (Å²) in [6, 6.07) is 9.99. The summed E-state index contributed by atoms with van der Waals surface area (Å²) >= 11 is 1.79. The maximum Gasteiger partial charge on any atom is 0.224 e. The predicted octanol–water partition coefficient (Wildman–Crippen LogP) is 2.79. The third kappa shape index (κ3) is 5.25. The molecule has 1 aromatic carbocycles. The van der Waals surface area contributed by atoms with Crippen LogP contribution in [-0.2, 0) is 24.3 Å². The molecule has 0 saturated heterocycles. The topological polar surface area (TPSA) is 66.0 Å². The molecule has 0 aliphatic carbocycles. The van der Waals surface area contributed by atoms with Crippen molar-refractivity contribution in [3.05, 3.63) is 51.7 Å². The molecule has 1 aromatic heterocycles. The molecule has 0 unspecified atom stereocenters. The monoisotopic (exact) mass is 400 g/mol. The number of ether oxygens (including phenoxy) is 1. The first-order chi connectivity index (χ1) is 13.7. The molecule has 0 fully saturated rings. The molecule has 2 N–H and O–H groups in total. The zero-order chi connectivity index (χ0) is 19.8. The van der Waals surface area contributed by atoms with Crippen LogP contribution in [0.15, 0.2) is 40.7 Å². The highest BCUT2D eigenvalue weighted by Gasteiger charge is 2.21. The Morgan fingerprint density at radius 3 is 2.96 bits per heavy atom. The maximum absolute atomic E-state index is 12.5. The summed E-state index contributed by atoms with van der Waals surface area (Å²) in [5.41, 5.74) is 2.32. The molecule has 1 aliphatic rings. The van der Waals surface area contributed by atoms with Gasteiger partial charge < -0.3 is 20.3 Å². The van der Waals surface area contributed by atoms with Crippen LogP contribution in [0, 0.1) is 0 Å². The van der Waals surface area contributed by atoms with E-state index in [2.05, 4.69) is 27.1 Å². The zero-order valence-corrected chi connectivity index (χ0v) is 17.3. The number of methoxy groups -OCH3 is 1. The lowest BCUT2D eigenvalue weighted by atomic mass is 10.1. The molecule has 150 valence electrons. The molecule has 0 spiro atoms. The lowest BCUT2D eigenvalue weighted by Gasteiger charge is -2.27. The second kappa shape index (κ2) is 10.1. The van der Waals surface area contributed by atoms with E-state index in [0.717, 1.165) is 37.4 Å². The number of para-hydroxylation sites is 1. The molecular weight excluding hydrogens is 372 g/mol. The number of benzene rings is 1. The van der Waals surface area contributed by atoms with Crippen molar-refractivity contribution in [2.24, 2.45) is 4.99 Å². The highest BCUT2D eigenvalue weighted by Crippen LogP contribution is 2.24. The number of guanidine groups is 1. The number of nitrogens with one attached hydrogen (secondary N) is 2. The Labute approximate surface area is 170 Å². The fraction of sp³-hybridized carbons (Fsp3) is 0.429. The largest absolute Gasteiger partial charge is 0.496 e. The fourth-order valence-electron chi connectivity index (χ4n) is 3.25. The van der Waals surface area contributed by atoms with E-state index < -0.39 is 0 Å². The summed E-state index contributed by atoms with van der Waals surface area (Å²) in [7, 11) is 1.66. The second-order valence-electron chi connectivity index (χ2n) is 6.62. The first kappa shape index (κ1) is 20.2. The van der Waals surface area contributed by atoms with Crippen LogP contribution < -0.4 is 15.4 Å². The number of amides is 1. The lowest BCUT2D eigenvalue weighted by Crippen LogP contribution is -2.41. The zero-order valence-electron chi connectivity index (χ0n) is 16.5. The van der Waals surface area contributed by atoms with Crippen LogP contribution in [0.3, 0.4) is 0 Å². The SMILES string of the molecule is CCNC(=NCc1ccccc1OC)NCCC(=O)N1CCc2sccc2C1. The van der Waals surface area contributed by atoms with Crippen LogP contribution in [0.4, 0.5) is 0 Å². The highest BCUT2D eigenvalue weighted by molar-refractivity contribution is 7.10. The molecule has 28 heavy (non-hydrogen) atoms. The van der Waals surface area contributed by atoms with Crippen LogP contribution >= 0.6 is 11.3 Å². The third-order valence-electron chi connectivity index (χ3n) is 4.74. The number of aliphatic imine (C=N–C) groups is 1. The molecule has 2 aromatic rings. The van der Waals surface area contributed by atoms with Crippen molar-refractivity contribution in [1.82, 2.24) is 15.5 Å². The van der Waals surface area contributed by atoms with Crippen molar-refractivity contribution in [3.63, 3.8) is 0 Å². The minimum atomic E-state index is 0.185. The molecule has 0 bridgehead atoms. The van der Waals surface area contributed by atoms with Gasteiger partial charge in [0.05, 0.1) is 13.7 Å². The van der Waals surface area contributed by atoms with Gasteiger partial charge in [-0.25, -0.2) is 4.99 Å². The molecule has 6 nitrogen and oxygen atoms in total. The van der Waals surface area contributed by atoms with Gasteiger partial charge in [0.1, 0.15) is 5.75 Å². The Morgan fingerprint density at radius 1 is 1.29 bits per heavy atom. The van der Waals surface area contributed by atoms with Gasteiger partial charge in [0.15, 0.2) is 5.96 Å². The van der Waals surface area contributed by atoms with E-state index >= 15 is 0 Å².